The summed E-state index contributed by atoms with van der Waals surface area (Å²) in [6.45, 7) is 1.69. The van der Waals surface area contributed by atoms with Gasteiger partial charge in [-0.3, -0.25) is 14.5 Å². The van der Waals surface area contributed by atoms with Gasteiger partial charge in [-0.25, -0.2) is 4.90 Å². The first-order chi connectivity index (χ1) is 13.5. The number of benzene rings is 2. The smallest absolute Gasteiger partial charge is 0.251 e. The minimum Gasteiger partial charge on any atom is -0.292 e. The molecule has 2 fully saturated rings. The molecule has 6 heteroatoms. The Hall–Kier alpha value is -1.88. The molecule has 2 aliphatic heterocycles. The molecule has 146 valence electrons. The molecule has 28 heavy (non-hydrogen) atoms. The average Bonchev–Trinajstić information content (AvgIpc) is 3.00. The molecule has 2 amide bonds. The van der Waals surface area contributed by atoms with Gasteiger partial charge in [0.15, 0.2) is 0 Å². The second kappa shape index (κ2) is 8.24. The van der Waals surface area contributed by atoms with Gasteiger partial charge in [-0.05, 0) is 62.0 Å². The molecule has 2 aromatic carbocycles. The fraction of sp³-hybridized carbons (Fsp3) is 0.364. The molecular weight excluding hydrogens is 395 g/mol. The number of anilines is 1. The third-order valence-electron chi connectivity index (χ3n) is 5.74. The summed E-state index contributed by atoms with van der Waals surface area (Å²) in [5.41, 5.74) is 1.85. The van der Waals surface area contributed by atoms with Gasteiger partial charge in [0, 0.05) is 0 Å². The Kier molecular flexibility index (Phi) is 5.72. The summed E-state index contributed by atoms with van der Waals surface area (Å²) < 4.78 is 0. The zero-order valence-electron chi connectivity index (χ0n) is 15.5. The highest BCUT2D eigenvalue weighted by Crippen LogP contribution is 2.32. The van der Waals surface area contributed by atoms with Crippen LogP contribution in [0.1, 0.15) is 24.8 Å². The third kappa shape index (κ3) is 3.95. The van der Waals surface area contributed by atoms with Gasteiger partial charge in [0.05, 0.1) is 28.2 Å². The molecule has 0 bridgehead atoms. The van der Waals surface area contributed by atoms with E-state index in [1.165, 1.54) is 10.5 Å². The Labute approximate surface area is 175 Å². The standard InChI is InChI=1S/C22H22Cl2N2O2/c23-18-7-6-17(13-19(18)24)26-21(27)14-20(22(26)28)25-10-8-16(9-11-25)12-15-4-2-1-3-5-15/h1-7,13,16,20H,8-12,14H2/t20-/m1/s1. The van der Waals surface area contributed by atoms with E-state index in [0.29, 0.717) is 21.7 Å². The lowest BCUT2D eigenvalue weighted by molar-refractivity contribution is -0.123. The van der Waals surface area contributed by atoms with Gasteiger partial charge in [0.25, 0.3) is 5.91 Å². The summed E-state index contributed by atoms with van der Waals surface area (Å²) in [6, 6.07) is 15.0. The van der Waals surface area contributed by atoms with Crippen LogP contribution in [-0.4, -0.2) is 35.8 Å². The molecule has 2 heterocycles. The van der Waals surface area contributed by atoms with Crippen LogP contribution in [0.2, 0.25) is 10.0 Å². The van der Waals surface area contributed by atoms with Gasteiger partial charge in [-0.15, -0.1) is 0 Å². The Morgan fingerprint density at radius 3 is 2.32 bits per heavy atom. The molecule has 0 saturated carbocycles. The van der Waals surface area contributed by atoms with Crippen LogP contribution < -0.4 is 4.90 Å². The molecule has 1 atom stereocenters. The Bertz CT molecular complexity index is 879. The van der Waals surface area contributed by atoms with E-state index in [9.17, 15) is 9.59 Å². The van der Waals surface area contributed by atoms with Crippen molar-refractivity contribution in [2.45, 2.75) is 31.7 Å². The first-order valence-electron chi connectivity index (χ1n) is 9.63. The van der Waals surface area contributed by atoms with E-state index in [1.54, 1.807) is 18.2 Å². The zero-order valence-corrected chi connectivity index (χ0v) is 17.0. The lowest BCUT2D eigenvalue weighted by atomic mass is 9.89. The maximum Gasteiger partial charge on any atom is 0.251 e. The van der Waals surface area contributed by atoms with E-state index in [1.807, 2.05) is 6.07 Å². The van der Waals surface area contributed by atoms with E-state index < -0.39 is 0 Å². The normalized spacial score (nSPS) is 21.5. The molecule has 0 N–H and O–H groups in total. The largest absolute Gasteiger partial charge is 0.292 e. The monoisotopic (exact) mass is 416 g/mol. The van der Waals surface area contributed by atoms with Crippen LogP contribution in [0.5, 0.6) is 0 Å². The van der Waals surface area contributed by atoms with Crippen molar-refractivity contribution in [1.29, 1.82) is 0 Å². The molecule has 2 saturated heterocycles. The summed E-state index contributed by atoms with van der Waals surface area (Å²) in [7, 11) is 0. The minimum atomic E-state index is -0.375. The number of hydrogen-bond acceptors (Lipinski definition) is 3. The molecule has 0 unspecified atom stereocenters. The van der Waals surface area contributed by atoms with Crippen molar-refractivity contribution in [3.8, 4) is 0 Å². The van der Waals surface area contributed by atoms with Crippen LogP contribution >= 0.6 is 23.2 Å². The molecule has 2 aliphatic rings. The van der Waals surface area contributed by atoms with Gasteiger partial charge in [-0.1, -0.05) is 53.5 Å². The molecule has 0 radical (unpaired) electrons. The Morgan fingerprint density at radius 2 is 1.64 bits per heavy atom. The van der Waals surface area contributed by atoms with Crippen molar-refractivity contribution in [2.24, 2.45) is 5.92 Å². The van der Waals surface area contributed by atoms with E-state index in [4.69, 9.17) is 23.2 Å². The van der Waals surface area contributed by atoms with Crippen LogP contribution in [0.3, 0.4) is 0 Å². The number of likely N-dealkylation sites (tertiary alicyclic amines) is 1. The fourth-order valence-electron chi connectivity index (χ4n) is 4.21. The predicted molar refractivity (Wildman–Crippen MR) is 112 cm³/mol. The number of hydrogen-bond donors (Lipinski definition) is 0. The van der Waals surface area contributed by atoms with E-state index in [2.05, 4.69) is 29.2 Å². The van der Waals surface area contributed by atoms with Crippen molar-refractivity contribution in [3.63, 3.8) is 0 Å². The first-order valence-corrected chi connectivity index (χ1v) is 10.4. The number of nitrogens with zero attached hydrogens (tertiary/aromatic N) is 2. The van der Waals surface area contributed by atoms with E-state index in [-0.39, 0.29) is 24.3 Å². The molecule has 0 aromatic heterocycles. The van der Waals surface area contributed by atoms with Gasteiger partial charge in [0.1, 0.15) is 0 Å². The fourth-order valence-corrected chi connectivity index (χ4v) is 4.51. The first kappa shape index (κ1) is 19.4. The summed E-state index contributed by atoms with van der Waals surface area (Å²) in [6.07, 6.45) is 3.38. The summed E-state index contributed by atoms with van der Waals surface area (Å²) >= 11 is 12.0. The highest BCUT2D eigenvalue weighted by molar-refractivity contribution is 6.42. The van der Waals surface area contributed by atoms with Crippen LogP contribution in [0.4, 0.5) is 5.69 Å². The molecule has 4 nitrogen and oxygen atoms in total. The number of carbonyl (C=O) groups is 2. The second-order valence-corrected chi connectivity index (χ2v) is 8.37. The van der Waals surface area contributed by atoms with Crippen molar-refractivity contribution in [1.82, 2.24) is 4.90 Å². The SMILES string of the molecule is O=C1C[C@@H](N2CCC(Cc3ccccc3)CC2)C(=O)N1c1ccc(Cl)c(Cl)c1. The zero-order chi connectivity index (χ0) is 19.7. The van der Waals surface area contributed by atoms with Crippen molar-refractivity contribution < 1.29 is 9.59 Å². The van der Waals surface area contributed by atoms with Crippen LogP contribution in [0.15, 0.2) is 48.5 Å². The molecule has 4 rings (SSSR count). The number of amides is 2. The van der Waals surface area contributed by atoms with Crippen LogP contribution in [0.25, 0.3) is 0 Å². The Balaban J connectivity index is 1.40. The average molecular weight is 417 g/mol. The number of halogens is 2. The van der Waals surface area contributed by atoms with E-state index >= 15 is 0 Å². The number of carbonyl (C=O) groups excluding carboxylic acids is 2. The minimum absolute atomic E-state index is 0.162. The van der Waals surface area contributed by atoms with Gasteiger partial charge in [-0.2, -0.15) is 0 Å². The van der Waals surface area contributed by atoms with Gasteiger partial charge >= 0.3 is 0 Å². The number of rotatable bonds is 4. The number of imide groups is 1. The Morgan fingerprint density at radius 1 is 0.929 bits per heavy atom. The highest BCUT2D eigenvalue weighted by atomic mass is 35.5. The molecule has 2 aromatic rings. The van der Waals surface area contributed by atoms with Crippen molar-refractivity contribution in [2.75, 3.05) is 18.0 Å². The van der Waals surface area contributed by atoms with Crippen LogP contribution in [-0.2, 0) is 16.0 Å². The number of piperidine rings is 1. The predicted octanol–water partition coefficient (Wildman–Crippen LogP) is 4.58. The summed E-state index contributed by atoms with van der Waals surface area (Å²) in [5, 5.41) is 0.742. The highest BCUT2D eigenvalue weighted by Gasteiger charge is 2.43. The van der Waals surface area contributed by atoms with E-state index in [0.717, 1.165) is 32.4 Å². The third-order valence-corrected chi connectivity index (χ3v) is 6.48. The maximum absolute atomic E-state index is 13.0. The van der Waals surface area contributed by atoms with Crippen LogP contribution in [0, 0.1) is 5.92 Å². The molecule has 0 aliphatic carbocycles. The molecular formula is C22H22Cl2N2O2. The molecule has 0 spiro atoms. The van der Waals surface area contributed by atoms with Crippen molar-refractivity contribution in [3.05, 3.63) is 64.1 Å². The second-order valence-electron chi connectivity index (χ2n) is 7.55. The summed E-state index contributed by atoms with van der Waals surface area (Å²) in [4.78, 5) is 28.9. The summed E-state index contributed by atoms with van der Waals surface area (Å²) in [5.74, 6) is 0.279. The lowest BCUT2D eigenvalue weighted by Gasteiger charge is -2.34. The quantitative estimate of drug-likeness (QED) is 0.684. The topological polar surface area (TPSA) is 40.6 Å². The van der Waals surface area contributed by atoms with Gasteiger partial charge in [0.2, 0.25) is 5.91 Å². The van der Waals surface area contributed by atoms with Crippen molar-refractivity contribution >= 4 is 40.7 Å². The lowest BCUT2D eigenvalue weighted by Crippen LogP contribution is -2.46. The maximum atomic E-state index is 13.0. The van der Waals surface area contributed by atoms with Gasteiger partial charge < -0.3 is 0 Å².